The van der Waals surface area contributed by atoms with Crippen molar-refractivity contribution in [2.75, 3.05) is 6.61 Å². The van der Waals surface area contributed by atoms with Gasteiger partial charge in [0.15, 0.2) is 0 Å². The number of rotatable bonds is 3. The smallest absolute Gasteiger partial charge is 0.417 e. The summed E-state index contributed by atoms with van der Waals surface area (Å²) >= 11 is 3.16. The Morgan fingerprint density at radius 2 is 2.62 bits per heavy atom. The Bertz CT molecular complexity index is 94.6. The molecule has 0 saturated heterocycles. The van der Waals surface area contributed by atoms with Gasteiger partial charge >= 0.3 is 6.47 Å². The lowest BCUT2D eigenvalue weighted by molar-refractivity contribution is 0.313. The highest BCUT2D eigenvalue weighted by molar-refractivity contribution is 9.11. The van der Waals surface area contributed by atoms with Gasteiger partial charge in [-0.1, -0.05) is 15.9 Å². The summed E-state index contributed by atoms with van der Waals surface area (Å²) in [6.45, 7) is 3.46. The van der Waals surface area contributed by atoms with E-state index in [9.17, 15) is 4.79 Å². The van der Waals surface area contributed by atoms with Crippen LogP contribution in [0.2, 0.25) is 0 Å². The van der Waals surface area contributed by atoms with Crippen LogP contribution in [0.1, 0.15) is 6.92 Å². The van der Waals surface area contributed by atoms with Gasteiger partial charge < -0.3 is 4.74 Å². The first-order valence-corrected chi connectivity index (χ1v) is 2.88. The Labute approximate surface area is 56.7 Å². The lowest BCUT2D eigenvalue weighted by Gasteiger charge is -1.86. The van der Waals surface area contributed by atoms with Gasteiger partial charge in [-0.2, -0.15) is 0 Å². The topological polar surface area (TPSA) is 26.3 Å². The van der Waals surface area contributed by atoms with Gasteiger partial charge in [-0.25, -0.2) is 4.79 Å². The van der Waals surface area contributed by atoms with E-state index >= 15 is 0 Å². The molecule has 3 heteroatoms. The maximum absolute atomic E-state index is 9.39. The van der Waals surface area contributed by atoms with Crippen molar-refractivity contribution in [2.45, 2.75) is 6.92 Å². The molecule has 0 aliphatic rings. The molecular weight excluding hydrogens is 172 g/mol. The molecule has 0 fully saturated rings. The molecule has 0 aliphatic carbocycles. The molecular formula is C5H6BrO2. The Morgan fingerprint density at radius 1 is 2.00 bits per heavy atom. The Kier molecular flexibility index (Phi) is 4.65. The lowest BCUT2D eigenvalue weighted by atomic mass is 10.6. The summed E-state index contributed by atoms with van der Waals surface area (Å²) in [5.74, 6) is 0. The van der Waals surface area contributed by atoms with Crippen molar-refractivity contribution >= 4 is 22.4 Å². The molecule has 0 unspecified atom stereocenters. The van der Waals surface area contributed by atoms with Crippen molar-refractivity contribution in [1.29, 1.82) is 0 Å². The van der Waals surface area contributed by atoms with E-state index in [1.165, 1.54) is 6.47 Å². The van der Waals surface area contributed by atoms with Gasteiger partial charge in [0.2, 0.25) is 0 Å². The molecule has 0 N–H and O–H groups in total. The summed E-state index contributed by atoms with van der Waals surface area (Å²) in [7, 11) is 0. The van der Waals surface area contributed by atoms with Crippen LogP contribution in [-0.4, -0.2) is 13.1 Å². The Hall–Kier alpha value is -0.310. The zero-order valence-electron chi connectivity index (χ0n) is 4.48. The summed E-state index contributed by atoms with van der Waals surface area (Å²) in [6, 6.07) is 0. The molecule has 0 saturated carbocycles. The van der Waals surface area contributed by atoms with Crippen LogP contribution in [0.3, 0.4) is 0 Å². The third-order valence-electron chi connectivity index (χ3n) is 0.507. The first-order valence-electron chi connectivity index (χ1n) is 2.08. The van der Waals surface area contributed by atoms with Crippen molar-refractivity contribution < 1.29 is 9.53 Å². The van der Waals surface area contributed by atoms with Crippen molar-refractivity contribution in [3.05, 3.63) is 10.6 Å². The first kappa shape index (κ1) is 7.69. The maximum Gasteiger partial charge on any atom is 0.417 e. The summed E-state index contributed by atoms with van der Waals surface area (Å²) in [5.41, 5.74) is 0. The van der Waals surface area contributed by atoms with Gasteiger partial charge in [-0.05, 0) is 17.5 Å². The zero-order chi connectivity index (χ0) is 6.41. The number of hydrogen-bond donors (Lipinski definition) is 0. The number of allylic oxidation sites excluding steroid dienone is 1. The van der Waals surface area contributed by atoms with Gasteiger partial charge in [0, 0.05) is 0 Å². The van der Waals surface area contributed by atoms with E-state index in [0.717, 1.165) is 4.48 Å². The maximum atomic E-state index is 9.39. The number of hydrogen-bond acceptors (Lipinski definition) is 2. The van der Waals surface area contributed by atoms with E-state index in [-0.39, 0.29) is 0 Å². The second-order valence-electron chi connectivity index (χ2n) is 1.19. The van der Waals surface area contributed by atoms with E-state index in [1.807, 2.05) is 6.92 Å². The van der Waals surface area contributed by atoms with Crippen LogP contribution < -0.4 is 0 Å². The van der Waals surface area contributed by atoms with Crippen molar-refractivity contribution in [1.82, 2.24) is 0 Å². The third kappa shape index (κ3) is 5.69. The minimum absolute atomic E-state index is 0.292. The minimum Gasteiger partial charge on any atom is -0.453 e. The molecule has 0 aromatic rings. The van der Waals surface area contributed by atoms with E-state index in [2.05, 4.69) is 20.7 Å². The van der Waals surface area contributed by atoms with Gasteiger partial charge in [-0.15, -0.1) is 0 Å². The van der Waals surface area contributed by atoms with Gasteiger partial charge in [-0.3, -0.25) is 0 Å². The van der Waals surface area contributed by atoms with Crippen LogP contribution in [0.15, 0.2) is 10.6 Å². The molecule has 2 nitrogen and oxygen atoms in total. The molecule has 0 amide bonds. The molecule has 45 valence electrons. The number of ether oxygens (including phenoxy) is 1. The van der Waals surface area contributed by atoms with Crippen LogP contribution in [0, 0.1) is 0 Å². The van der Waals surface area contributed by atoms with Crippen LogP contribution >= 0.6 is 15.9 Å². The molecule has 0 heterocycles. The second-order valence-corrected chi connectivity index (χ2v) is 2.44. The molecule has 0 rings (SSSR count). The zero-order valence-corrected chi connectivity index (χ0v) is 6.06. The second kappa shape index (κ2) is 4.84. The van der Waals surface area contributed by atoms with Crippen molar-refractivity contribution in [3.63, 3.8) is 0 Å². The number of halogens is 1. The van der Waals surface area contributed by atoms with Crippen LogP contribution in [0.5, 0.6) is 0 Å². The van der Waals surface area contributed by atoms with Crippen molar-refractivity contribution in [2.24, 2.45) is 0 Å². The highest BCUT2D eigenvalue weighted by Gasteiger charge is 1.78. The average molecular weight is 178 g/mol. The largest absolute Gasteiger partial charge is 0.453 e. The molecule has 1 radical (unpaired) electrons. The van der Waals surface area contributed by atoms with E-state index in [4.69, 9.17) is 0 Å². The normalized spacial score (nSPS) is 11.0. The first-order chi connectivity index (χ1) is 3.77. The van der Waals surface area contributed by atoms with Gasteiger partial charge in [0.25, 0.3) is 0 Å². The summed E-state index contributed by atoms with van der Waals surface area (Å²) in [6.07, 6.45) is 1.73. The summed E-state index contributed by atoms with van der Waals surface area (Å²) in [4.78, 5) is 9.39. The highest BCUT2D eigenvalue weighted by atomic mass is 79.9. The van der Waals surface area contributed by atoms with E-state index in [0.29, 0.717) is 6.61 Å². The van der Waals surface area contributed by atoms with Crippen LogP contribution in [0.25, 0.3) is 0 Å². The number of carbonyl (C=O) groups excluding carboxylic acids is 1. The van der Waals surface area contributed by atoms with Crippen LogP contribution in [0.4, 0.5) is 0 Å². The Balaban J connectivity index is 3.15. The monoisotopic (exact) mass is 177 g/mol. The standard InChI is InChI=1S/C5H6BrO2/c1-5(6)2-3-8-4-7/h2H,3H2,1H3. The fourth-order valence-electron chi connectivity index (χ4n) is 0.191. The molecule has 8 heavy (non-hydrogen) atoms. The van der Waals surface area contributed by atoms with Gasteiger partial charge in [0.1, 0.15) is 6.61 Å². The molecule has 0 aromatic heterocycles. The van der Waals surface area contributed by atoms with Crippen molar-refractivity contribution in [3.8, 4) is 0 Å². The molecule has 0 aliphatic heterocycles. The summed E-state index contributed by atoms with van der Waals surface area (Å²) < 4.78 is 5.18. The molecule has 0 spiro atoms. The molecule has 0 aromatic carbocycles. The minimum atomic E-state index is 0.292. The lowest BCUT2D eigenvalue weighted by Crippen LogP contribution is -1.85. The fraction of sp³-hybridized carbons (Fsp3) is 0.400. The Morgan fingerprint density at radius 3 is 3.00 bits per heavy atom. The van der Waals surface area contributed by atoms with E-state index in [1.54, 1.807) is 6.08 Å². The highest BCUT2D eigenvalue weighted by Crippen LogP contribution is 1.99. The molecule has 0 bridgehead atoms. The predicted molar refractivity (Wildman–Crippen MR) is 34.3 cm³/mol. The van der Waals surface area contributed by atoms with E-state index < -0.39 is 0 Å². The van der Waals surface area contributed by atoms with Gasteiger partial charge in [0.05, 0.1) is 0 Å². The molecule has 0 atom stereocenters. The SMILES string of the molecule is CC(Br)=CCO[C]=O. The third-order valence-corrected chi connectivity index (χ3v) is 0.831. The quantitative estimate of drug-likeness (QED) is 0.610. The predicted octanol–water partition coefficient (Wildman–Crippen LogP) is 1.37. The fourth-order valence-corrected chi connectivity index (χ4v) is 0.323. The summed E-state index contributed by atoms with van der Waals surface area (Å²) in [5, 5.41) is 0. The average Bonchev–Trinajstić information content (AvgIpc) is 1.66. The van der Waals surface area contributed by atoms with Crippen LogP contribution in [-0.2, 0) is 9.53 Å².